The Morgan fingerprint density at radius 2 is 2.36 bits per heavy atom. The van der Waals surface area contributed by atoms with Gasteiger partial charge in [-0.2, -0.15) is 0 Å². The summed E-state index contributed by atoms with van der Waals surface area (Å²) < 4.78 is 14.2. The molecule has 2 rings (SSSR count). The molecule has 1 N–H and O–H groups in total. The number of rotatable bonds is 3. The second kappa shape index (κ2) is 3.50. The highest BCUT2D eigenvalue weighted by molar-refractivity contribution is 9.10. The van der Waals surface area contributed by atoms with Crippen molar-refractivity contribution in [1.82, 2.24) is 4.98 Å². The van der Waals surface area contributed by atoms with Crippen molar-refractivity contribution in [2.75, 3.05) is 11.9 Å². The monoisotopic (exact) mass is 258 g/mol. The Labute approximate surface area is 91.1 Å². The summed E-state index contributed by atoms with van der Waals surface area (Å²) in [5.41, 5.74) is 0.872. The van der Waals surface area contributed by atoms with E-state index in [4.69, 9.17) is 0 Å². The van der Waals surface area contributed by atoms with E-state index in [-0.39, 0.29) is 0 Å². The highest BCUT2D eigenvalue weighted by Crippen LogP contribution is 2.40. The second-order valence-corrected chi connectivity index (χ2v) is 4.56. The van der Waals surface area contributed by atoms with E-state index in [9.17, 15) is 4.39 Å². The fourth-order valence-corrected chi connectivity index (χ4v) is 1.63. The molecule has 1 fully saturated rings. The molecule has 0 amide bonds. The van der Waals surface area contributed by atoms with Gasteiger partial charge in [0.15, 0.2) is 0 Å². The van der Waals surface area contributed by atoms with Crippen molar-refractivity contribution in [3.8, 4) is 0 Å². The van der Waals surface area contributed by atoms with Crippen LogP contribution in [0.2, 0.25) is 0 Å². The molecule has 0 aliphatic heterocycles. The Bertz CT molecular complexity index is 350. The molecular formula is C10H12BrFN2. The van der Waals surface area contributed by atoms with Crippen LogP contribution in [0, 0.1) is 6.92 Å². The Hall–Kier alpha value is -0.640. The molecule has 1 aromatic heterocycles. The van der Waals surface area contributed by atoms with Crippen molar-refractivity contribution in [3.05, 3.63) is 22.4 Å². The number of halogens is 2. The van der Waals surface area contributed by atoms with Gasteiger partial charge in [0, 0.05) is 12.7 Å². The van der Waals surface area contributed by atoms with E-state index < -0.39 is 5.67 Å². The predicted octanol–water partition coefficient (Wildman–Crippen LogP) is 3.07. The van der Waals surface area contributed by atoms with Crippen molar-refractivity contribution in [1.29, 1.82) is 0 Å². The van der Waals surface area contributed by atoms with Gasteiger partial charge in [-0.1, -0.05) is 0 Å². The van der Waals surface area contributed by atoms with E-state index in [2.05, 4.69) is 26.2 Å². The average molecular weight is 259 g/mol. The fourth-order valence-electron chi connectivity index (χ4n) is 1.25. The van der Waals surface area contributed by atoms with Crippen LogP contribution in [0.5, 0.6) is 0 Å². The maximum absolute atomic E-state index is 13.3. The number of hydrogen-bond donors (Lipinski definition) is 1. The van der Waals surface area contributed by atoms with Gasteiger partial charge in [-0.25, -0.2) is 4.39 Å². The highest BCUT2D eigenvalue weighted by atomic mass is 79.9. The first-order valence-electron chi connectivity index (χ1n) is 4.65. The molecule has 0 saturated heterocycles. The third kappa shape index (κ3) is 2.05. The van der Waals surface area contributed by atoms with Gasteiger partial charge in [-0.15, -0.1) is 0 Å². The van der Waals surface area contributed by atoms with E-state index in [1.807, 2.05) is 13.0 Å². The van der Waals surface area contributed by atoms with Crippen molar-refractivity contribution in [2.45, 2.75) is 25.4 Å². The summed E-state index contributed by atoms with van der Waals surface area (Å²) >= 11 is 3.42. The van der Waals surface area contributed by atoms with Crippen molar-refractivity contribution in [3.63, 3.8) is 0 Å². The minimum atomic E-state index is -0.962. The maximum atomic E-state index is 13.3. The van der Waals surface area contributed by atoms with Gasteiger partial charge in [0.25, 0.3) is 0 Å². The van der Waals surface area contributed by atoms with Crippen LogP contribution < -0.4 is 5.32 Å². The molecule has 0 atom stereocenters. The lowest BCUT2D eigenvalue weighted by molar-refractivity contribution is 0.326. The molecule has 0 bridgehead atoms. The molecule has 4 heteroatoms. The van der Waals surface area contributed by atoms with Crippen LogP contribution in [0.4, 0.5) is 10.1 Å². The Morgan fingerprint density at radius 3 is 3.00 bits per heavy atom. The van der Waals surface area contributed by atoms with Crippen LogP contribution >= 0.6 is 15.9 Å². The molecule has 1 saturated carbocycles. The molecule has 14 heavy (non-hydrogen) atoms. The van der Waals surface area contributed by atoms with Gasteiger partial charge in [-0.05, 0) is 41.8 Å². The topological polar surface area (TPSA) is 24.9 Å². The minimum absolute atomic E-state index is 0.398. The smallest absolute Gasteiger partial charge is 0.128 e. The van der Waals surface area contributed by atoms with Crippen LogP contribution in [-0.4, -0.2) is 17.2 Å². The molecule has 76 valence electrons. The molecule has 1 aromatic rings. The first-order chi connectivity index (χ1) is 6.61. The molecule has 2 nitrogen and oxygen atoms in total. The normalized spacial score (nSPS) is 17.9. The van der Waals surface area contributed by atoms with E-state index in [0.29, 0.717) is 19.4 Å². The summed E-state index contributed by atoms with van der Waals surface area (Å²) in [5.74, 6) is 0. The molecular weight excluding hydrogens is 247 g/mol. The standard InChI is InChI=1S/C10H12BrFN2/c1-7-9(11)8(2-5-13-7)14-6-10(12)3-4-10/h2,5H,3-4,6H2,1H3,(H,13,14). The number of pyridine rings is 1. The Morgan fingerprint density at radius 1 is 1.64 bits per heavy atom. The summed E-state index contributed by atoms with van der Waals surface area (Å²) in [4.78, 5) is 4.12. The lowest BCUT2D eigenvalue weighted by atomic mass is 10.3. The zero-order valence-electron chi connectivity index (χ0n) is 7.98. The van der Waals surface area contributed by atoms with Crippen molar-refractivity contribution >= 4 is 21.6 Å². The quantitative estimate of drug-likeness (QED) is 0.902. The van der Waals surface area contributed by atoms with Crippen LogP contribution in [0.25, 0.3) is 0 Å². The average Bonchev–Trinajstić information content (AvgIpc) is 2.88. The zero-order valence-corrected chi connectivity index (χ0v) is 9.57. The van der Waals surface area contributed by atoms with Crippen LogP contribution in [0.1, 0.15) is 18.5 Å². The minimum Gasteiger partial charge on any atom is -0.381 e. The van der Waals surface area contributed by atoms with E-state index in [1.54, 1.807) is 6.20 Å². The first-order valence-corrected chi connectivity index (χ1v) is 5.44. The number of anilines is 1. The third-order valence-corrected chi connectivity index (χ3v) is 3.45. The summed E-state index contributed by atoms with van der Waals surface area (Å²) in [6.07, 6.45) is 3.09. The molecule has 0 radical (unpaired) electrons. The number of alkyl halides is 1. The van der Waals surface area contributed by atoms with Crippen molar-refractivity contribution in [2.24, 2.45) is 0 Å². The summed E-state index contributed by atoms with van der Waals surface area (Å²) in [7, 11) is 0. The van der Waals surface area contributed by atoms with Gasteiger partial charge >= 0.3 is 0 Å². The second-order valence-electron chi connectivity index (χ2n) is 3.76. The van der Waals surface area contributed by atoms with E-state index in [0.717, 1.165) is 15.9 Å². The Kier molecular flexibility index (Phi) is 2.47. The lowest BCUT2D eigenvalue weighted by Crippen LogP contribution is -2.16. The molecule has 1 aliphatic rings. The third-order valence-electron chi connectivity index (χ3n) is 2.45. The number of nitrogens with zero attached hydrogens (tertiary/aromatic N) is 1. The molecule has 0 aromatic carbocycles. The number of hydrogen-bond acceptors (Lipinski definition) is 2. The predicted molar refractivity (Wildman–Crippen MR) is 58.2 cm³/mol. The van der Waals surface area contributed by atoms with Crippen molar-refractivity contribution < 1.29 is 4.39 Å². The first kappa shape index (κ1) is 9.90. The molecule has 0 unspecified atom stereocenters. The van der Waals surface area contributed by atoms with Gasteiger partial charge in [-0.3, -0.25) is 4.98 Å². The number of aryl methyl sites for hydroxylation is 1. The number of aromatic nitrogens is 1. The van der Waals surface area contributed by atoms with Gasteiger partial charge in [0.2, 0.25) is 0 Å². The Balaban J connectivity index is 2.05. The number of nitrogens with one attached hydrogen (secondary N) is 1. The van der Waals surface area contributed by atoms with Crippen LogP contribution in [-0.2, 0) is 0 Å². The van der Waals surface area contributed by atoms with Gasteiger partial charge < -0.3 is 5.32 Å². The van der Waals surface area contributed by atoms with Crippen LogP contribution in [0.15, 0.2) is 16.7 Å². The van der Waals surface area contributed by atoms with Gasteiger partial charge in [0.1, 0.15) is 5.67 Å². The zero-order chi connectivity index (χ0) is 10.2. The molecule has 1 aliphatic carbocycles. The SMILES string of the molecule is Cc1nccc(NCC2(F)CC2)c1Br. The summed E-state index contributed by atoms with van der Waals surface area (Å²) in [6, 6.07) is 1.85. The molecule has 0 spiro atoms. The van der Waals surface area contributed by atoms with E-state index in [1.165, 1.54) is 0 Å². The fraction of sp³-hybridized carbons (Fsp3) is 0.500. The van der Waals surface area contributed by atoms with Gasteiger partial charge in [0.05, 0.1) is 15.9 Å². The van der Waals surface area contributed by atoms with E-state index >= 15 is 0 Å². The largest absolute Gasteiger partial charge is 0.381 e. The highest BCUT2D eigenvalue weighted by Gasteiger charge is 2.42. The van der Waals surface area contributed by atoms with Crippen LogP contribution in [0.3, 0.4) is 0 Å². The molecule has 1 heterocycles. The summed E-state index contributed by atoms with van der Waals surface area (Å²) in [5, 5.41) is 3.09. The lowest BCUT2D eigenvalue weighted by Gasteiger charge is -2.11. The maximum Gasteiger partial charge on any atom is 0.128 e. The summed E-state index contributed by atoms with van der Waals surface area (Å²) in [6.45, 7) is 2.31.